The Morgan fingerprint density at radius 1 is 1.33 bits per heavy atom. The number of hydrogen-bond donors (Lipinski definition) is 1. The van der Waals surface area contributed by atoms with Crippen molar-refractivity contribution < 1.29 is 4.74 Å². The summed E-state index contributed by atoms with van der Waals surface area (Å²) in [6.45, 7) is 5.15. The minimum absolute atomic E-state index is 0.113. The molecule has 1 unspecified atom stereocenters. The molecule has 0 heterocycles. The molecule has 0 amide bonds. The molecule has 2 nitrogen and oxygen atoms in total. The minimum atomic E-state index is 0.113. The van der Waals surface area contributed by atoms with Crippen LogP contribution in [0.15, 0.2) is 18.2 Å². The molecule has 4 heteroatoms. The molecule has 1 aromatic carbocycles. The van der Waals surface area contributed by atoms with Crippen LogP contribution in [0.4, 0.5) is 0 Å². The van der Waals surface area contributed by atoms with Crippen molar-refractivity contribution in [3.8, 4) is 5.75 Å². The monoisotopic (exact) mass is 287 g/mol. The van der Waals surface area contributed by atoms with Crippen LogP contribution in [0.5, 0.6) is 5.75 Å². The zero-order valence-corrected chi connectivity index (χ0v) is 12.3. The SMILES string of the molecule is CC(C)C(CNC1CC1)Oc1cc(Cl)ccc1Cl. The van der Waals surface area contributed by atoms with E-state index in [2.05, 4.69) is 19.2 Å². The summed E-state index contributed by atoms with van der Waals surface area (Å²) in [6.07, 6.45) is 2.67. The van der Waals surface area contributed by atoms with Gasteiger partial charge in [-0.1, -0.05) is 37.0 Å². The van der Waals surface area contributed by atoms with E-state index in [0.29, 0.717) is 27.8 Å². The van der Waals surface area contributed by atoms with E-state index in [1.165, 1.54) is 12.8 Å². The van der Waals surface area contributed by atoms with Crippen molar-refractivity contribution in [1.29, 1.82) is 0 Å². The van der Waals surface area contributed by atoms with E-state index in [0.717, 1.165) is 6.54 Å². The maximum absolute atomic E-state index is 6.12. The van der Waals surface area contributed by atoms with Gasteiger partial charge in [-0.05, 0) is 30.9 Å². The van der Waals surface area contributed by atoms with Crippen LogP contribution in [0.3, 0.4) is 0 Å². The number of rotatable bonds is 6. The molecule has 1 N–H and O–H groups in total. The largest absolute Gasteiger partial charge is 0.487 e. The van der Waals surface area contributed by atoms with E-state index in [9.17, 15) is 0 Å². The van der Waals surface area contributed by atoms with Crippen molar-refractivity contribution in [3.05, 3.63) is 28.2 Å². The fourth-order valence-electron chi connectivity index (χ4n) is 1.71. The van der Waals surface area contributed by atoms with Crippen molar-refractivity contribution in [1.82, 2.24) is 5.32 Å². The van der Waals surface area contributed by atoms with E-state index in [1.54, 1.807) is 18.2 Å². The Labute approximate surface area is 119 Å². The van der Waals surface area contributed by atoms with Crippen LogP contribution in [0.25, 0.3) is 0 Å². The summed E-state index contributed by atoms with van der Waals surface area (Å²) >= 11 is 12.1. The van der Waals surface area contributed by atoms with Gasteiger partial charge in [0, 0.05) is 23.7 Å². The first kappa shape index (κ1) is 14.0. The molecule has 1 aromatic rings. The van der Waals surface area contributed by atoms with Crippen LogP contribution in [0.1, 0.15) is 26.7 Å². The van der Waals surface area contributed by atoms with Gasteiger partial charge in [0.1, 0.15) is 11.9 Å². The summed E-state index contributed by atoms with van der Waals surface area (Å²) in [7, 11) is 0. The molecule has 1 atom stereocenters. The van der Waals surface area contributed by atoms with Gasteiger partial charge in [0.25, 0.3) is 0 Å². The smallest absolute Gasteiger partial charge is 0.139 e. The molecule has 1 saturated carbocycles. The Kier molecular flexibility index (Phi) is 4.77. The Hall–Kier alpha value is -0.440. The van der Waals surface area contributed by atoms with Gasteiger partial charge in [0.15, 0.2) is 0 Å². The average molecular weight is 288 g/mol. The highest BCUT2D eigenvalue weighted by Crippen LogP contribution is 2.29. The standard InChI is InChI=1S/C14H19Cl2NO/c1-9(2)14(8-17-11-4-5-11)18-13-7-10(15)3-6-12(13)16/h3,6-7,9,11,14,17H,4-5,8H2,1-2H3. The molecule has 100 valence electrons. The molecule has 0 bridgehead atoms. The van der Waals surface area contributed by atoms with E-state index in [-0.39, 0.29) is 6.10 Å². The maximum atomic E-state index is 6.12. The molecule has 1 aliphatic rings. The van der Waals surface area contributed by atoms with Crippen molar-refractivity contribution in [2.75, 3.05) is 6.54 Å². The lowest BCUT2D eigenvalue weighted by molar-refractivity contribution is 0.148. The Morgan fingerprint density at radius 2 is 2.06 bits per heavy atom. The number of halogens is 2. The van der Waals surface area contributed by atoms with Gasteiger partial charge in [0.05, 0.1) is 5.02 Å². The van der Waals surface area contributed by atoms with Gasteiger partial charge in [0.2, 0.25) is 0 Å². The fourth-order valence-corrected chi connectivity index (χ4v) is 2.04. The van der Waals surface area contributed by atoms with Crippen LogP contribution >= 0.6 is 23.2 Å². The third-order valence-corrected chi connectivity index (χ3v) is 3.65. The van der Waals surface area contributed by atoms with Gasteiger partial charge in [-0.2, -0.15) is 0 Å². The molecular weight excluding hydrogens is 269 g/mol. The van der Waals surface area contributed by atoms with Crippen LogP contribution in [-0.4, -0.2) is 18.7 Å². The number of nitrogens with one attached hydrogen (secondary N) is 1. The highest BCUT2D eigenvalue weighted by atomic mass is 35.5. The first-order chi connectivity index (χ1) is 8.56. The van der Waals surface area contributed by atoms with Gasteiger partial charge < -0.3 is 10.1 Å². The molecule has 0 aliphatic heterocycles. The summed E-state index contributed by atoms with van der Waals surface area (Å²) in [5, 5.41) is 4.74. The summed E-state index contributed by atoms with van der Waals surface area (Å²) in [6, 6.07) is 6.00. The summed E-state index contributed by atoms with van der Waals surface area (Å²) in [4.78, 5) is 0. The Morgan fingerprint density at radius 3 is 2.67 bits per heavy atom. The summed E-state index contributed by atoms with van der Waals surface area (Å²) < 4.78 is 5.99. The lowest BCUT2D eigenvalue weighted by Crippen LogP contribution is -2.36. The normalized spacial score (nSPS) is 16.9. The van der Waals surface area contributed by atoms with Crippen molar-refractivity contribution >= 4 is 23.2 Å². The minimum Gasteiger partial charge on any atom is -0.487 e. The quantitative estimate of drug-likeness (QED) is 0.849. The van der Waals surface area contributed by atoms with E-state index >= 15 is 0 Å². The van der Waals surface area contributed by atoms with Gasteiger partial charge in [-0.3, -0.25) is 0 Å². The summed E-state index contributed by atoms with van der Waals surface area (Å²) in [5.74, 6) is 1.09. The molecule has 18 heavy (non-hydrogen) atoms. The highest BCUT2D eigenvalue weighted by Gasteiger charge is 2.24. The first-order valence-electron chi connectivity index (χ1n) is 6.41. The second-order valence-corrected chi connectivity index (χ2v) is 6.00. The third-order valence-electron chi connectivity index (χ3n) is 3.10. The van der Waals surface area contributed by atoms with Crippen LogP contribution in [-0.2, 0) is 0 Å². The Balaban J connectivity index is 1.99. The van der Waals surface area contributed by atoms with E-state index < -0.39 is 0 Å². The zero-order valence-electron chi connectivity index (χ0n) is 10.7. The van der Waals surface area contributed by atoms with Gasteiger partial charge >= 0.3 is 0 Å². The number of hydrogen-bond acceptors (Lipinski definition) is 2. The predicted octanol–water partition coefficient (Wildman–Crippen LogP) is 4.15. The van der Waals surface area contributed by atoms with Crippen LogP contribution in [0.2, 0.25) is 10.0 Å². The van der Waals surface area contributed by atoms with Crippen molar-refractivity contribution in [3.63, 3.8) is 0 Å². The number of ether oxygens (including phenoxy) is 1. The zero-order chi connectivity index (χ0) is 13.1. The molecule has 0 radical (unpaired) electrons. The van der Waals surface area contributed by atoms with Gasteiger partial charge in [-0.25, -0.2) is 0 Å². The predicted molar refractivity (Wildman–Crippen MR) is 76.7 cm³/mol. The topological polar surface area (TPSA) is 21.3 Å². The third kappa shape index (κ3) is 4.04. The molecule has 1 fully saturated rings. The lowest BCUT2D eigenvalue weighted by Gasteiger charge is -2.23. The first-order valence-corrected chi connectivity index (χ1v) is 7.17. The van der Waals surface area contributed by atoms with E-state index in [1.807, 2.05) is 0 Å². The average Bonchev–Trinajstić information content (AvgIpc) is 3.12. The highest BCUT2D eigenvalue weighted by molar-refractivity contribution is 6.34. The van der Waals surface area contributed by atoms with Crippen molar-refractivity contribution in [2.24, 2.45) is 5.92 Å². The second kappa shape index (κ2) is 6.14. The van der Waals surface area contributed by atoms with Crippen LogP contribution in [0, 0.1) is 5.92 Å². The second-order valence-electron chi connectivity index (χ2n) is 5.16. The summed E-state index contributed by atoms with van der Waals surface area (Å²) in [5.41, 5.74) is 0. The van der Waals surface area contributed by atoms with Crippen molar-refractivity contribution in [2.45, 2.75) is 38.8 Å². The molecule has 0 aromatic heterocycles. The fraction of sp³-hybridized carbons (Fsp3) is 0.571. The maximum Gasteiger partial charge on any atom is 0.139 e. The molecule has 0 spiro atoms. The molecule has 2 rings (SSSR count). The number of benzene rings is 1. The van der Waals surface area contributed by atoms with Gasteiger partial charge in [-0.15, -0.1) is 0 Å². The Bertz CT molecular complexity index is 405. The van der Waals surface area contributed by atoms with Crippen LogP contribution < -0.4 is 10.1 Å². The molecule has 0 saturated heterocycles. The van der Waals surface area contributed by atoms with E-state index in [4.69, 9.17) is 27.9 Å². The lowest BCUT2D eigenvalue weighted by atomic mass is 10.1. The molecular formula is C14H19Cl2NO. The molecule has 1 aliphatic carbocycles.